The Kier molecular flexibility index (Phi) is 48.0. The molecule has 75 heavy (non-hydrogen) atoms. The summed E-state index contributed by atoms with van der Waals surface area (Å²) < 4.78 is 17.6. The molecule has 0 saturated carbocycles. The zero-order valence-corrected chi connectivity index (χ0v) is 47.6. The summed E-state index contributed by atoms with van der Waals surface area (Å²) in [6.07, 6.45) is 56.2. The van der Waals surface area contributed by atoms with Gasteiger partial charge < -0.3 is 45.1 Å². The molecule has 8 atom stereocenters. The summed E-state index contributed by atoms with van der Waals surface area (Å²) in [4.78, 5) is 26.5. The van der Waals surface area contributed by atoms with Crippen LogP contribution in [-0.2, 0) is 23.8 Å². The number of ether oxygens (including phenoxy) is 3. The summed E-state index contributed by atoms with van der Waals surface area (Å²) in [7, 11) is 0. The van der Waals surface area contributed by atoms with E-state index in [1.165, 1.54) is 96.3 Å². The number of allylic oxidation sites excluding steroid dienone is 13. The van der Waals surface area contributed by atoms with Crippen molar-refractivity contribution >= 4 is 11.9 Å². The molecule has 6 N–H and O–H groups in total. The molecule has 11 nitrogen and oxygen atoms in total. The van der Waals surface area contributed by atoms with Gasteiger partial charge in [-0.2, -0.15) is 0 Å². The highest BCUT2D eigenvalue weighted by Crippen LogP contribution is 2.26. The third-order valence-electron chi connectivity index (χ3n) is 13.8. The summed E-state index contributed by atoms with van der Waals surface area (Å²) >= 11 is 0. The standard InChI is InChI=1S/C64H111NO10/c1-4-7-10-13-16-19-22-25-26-27-28-29-30-31-34-36-39-42-45-48-51-57(68)63(72)65-55(56(67)50-47-44-41-38-35-32-23-20-17-14-11-8-5-2)54-73-64-62(61(71)60(70)58(53-66)74-64)75-59(69)52-49-46-43-40-37-33-24-21-18-15-12-9-6-3/h7,10,16,19,25-26,28-29,31,33-34,37,47,50,55-58,60-62,64,66-68,70-71H,4-6,8-9,11-15,17-18,20-24,27,30,32,35-36,38-46,48-49,51-54H2,1-3H3,(H,65,72)/b10-7-,19-16-,26-25-,29-28-,34-31-,37-33-,50-47+. The molecule has 8 unspecified atom stereocenters. The molecule has 1 heterocycles. The number of rotatable bonds is 50. The number of amides is 1. The largest absolute Gasteiger partial charge is 0.454 e. The minimum Gasteiger partial charge on any atom is -0.454 e. The van der Waals surface area contributed by atoms with Gasteiger partial charge >= 0.3 is 5.97 Å². The van der Waals surface area contributed by atoms with Crippen LogP contribution in [0.2, 0.25) is 0 Å². The molecule has 1 aliphatic heterocycles. The Balaban J connectivity index is 2.73. The number of carbonyl (C=O) groups is 2. The number of carbonyl (C=O) groups excluding carboxylic acids is 2. The first kappa shape index (κ1) is 69.9. The maximum Gasteiger partial charge on any atom is 0.306 e. The van der Waals surface area contributed by atoms with Gasteiger partial charge in [0.05, 0.1) is 25.4 Å². The van der Waals surface area contributed by atoms with E-state index in [0.717, 1.165) is 103 Å². The second kappa shape index (κ2) is 51.6. The van der Waals surface area contributed by atoms with Gasteiger partial charge in [-0.15, -0.1) is 0 Å². The Bertz CT molecular complexity index is 1540. The van der Waals surface area contributed by atoms with E-state index < -0.39 is 67.4 Å². The zero-order chi connectivity index (χ0) is 54.7. The van der Waals surface area contributed by atoms with Crippen LogP contribution in [0.15, 0.2) is 85.1 Å². The third-order valence-corrected chi connectivity index (χ3v) is 13.8. The minimum atomic E-state index is -1.63. The molecular weight excluding hydrogens is 943 g/mol. The van der Waals surface area contributed by atoms with E-state index in [9.17, 15) is 35.1 Å². The maximum atomic E-state index is 13.4. The highest BCUT2D eigenvalue weighted by Gasteiger charge is 2.47. The van der Waals surface area contributed by atoms with Crippen LogP contribution >= 0.6 is 0 Å². The Morgan fingerprint density at radius 1 is 0.533 bits per heavy atom. The van der Waals surface area contributed by atoms with Crippen molar-refractivity contribution in [1.29, 1.82) is 0 Å². The quantitative estimate of drug-likeness (QED) is 0.0195. The first-order valence-electron chi connectivity index (χ1n) is 30.4. The van der Waals surface area contributed by atoms with Gasteiger partial charge in [0, 0.05) is 6.42 Å². The predicted molar refractivity (Wildman–Crippen MR) is 310 cm³/mol. The predicted octanol–water partition coefficient (Wildman–Crippen LogP) is 14.2. The fourth-order valence-electron chi connectivity index (χ4n) is 8.97. The molecule has 0 aromatic heterocycles. The summed E-state index contributed by atoms with van der Waals surface area (Å²) in [5.41, 5.74) is 0. The monoisotopic (exact) mass is 1050 g/mol. The van der Waals surface area contributed by atoms with Gasteiger partial charge in [-0.1, -0.05) is 228 Å². The van der Waals surface area contributed by atoms with Crippen LogP contribution in [0.3, 0.4) is 0 Å². The lowest BCUT2D eigenvalue weighted by molar-refractivity contribution is -0.305. The van der Waals surface area contributed by atoms with Crippen LogP contribution < -0.4 is 5.32 Å². The van der Waals surface area contributed by atoms with E-state index in [1.54, 1.807) is 6.08 Å². The Morgan fingerprint density at radius 3 is 1.45 bits per heavy atom. The van der Waals surface area contributed by atoms with Crippen molar-refractivity contribution in [1.82, 2.24) is 5.32 Å². The molecule has 432 valence electrons. The van der Waals surface area contributed by atoms with Crippen LogP contribution in [0.5, 0.6) is 0 Å². The molecule has 1 saturated heterocycles. The lowest BCUT2D eigenvalue weighted by Crippen LogP contribution is -2.61. The molecular formula is C64H111NO10. The first-order chi connectivity index (χ1) is 36.7. The van der Waals surface area contributed by atoms with E-state index in [-0.39, 0.29) is 19.4 Å². The van der Waals surface area contributed by atoms with Crippen LogP contribution in [0, 0.1) is 0 Å². The van der Waals surface area contributed by atoms with E-state index >= 15 is 0 Å². The Labute approximate surface area is 457 Å². The molecule has 1 amide bonds. The minimum absolute atomic E-state index is 0.0977. The number of nitrogens with one attached hydrogen (secondary N) is 1. The van der Waals surface area contributed by atoms with Crippen LogP contribution in [0.1, 0.15) is 245 Å². The topological polar surface area (TPSA) is 175 Å². The summed E-state index contributed by atoms with van der Waals surface area (Å²) in [5.74, 6) is -1.23. The molecule has 11 heteroatoms. The van der Waals surface area contributed by atoms with Crippen molar-refractivity contribution in [2.24, 2.45) is 0 Å². The van der Waals surface area contributed by atoms with Crippen LogP contribution in [0.25, 0.3) is 0 Å². The van der Waals surface area contributed by atoms with Gasteiger partial charge in [-0.3, -0.25) is 9.59 Å². The van der Waals surface area contributed by atoms with Gasteiger partial charge in [-0.25, -0.2) is 0 Å². The Hall–Kier alpha value is -3.16. The van der Waals surface area contributed by atoms with Gasteiger partial charge in [0.25, 0.3) is 0 Å². The van der Waals surface area contributed by atoms with Crippen molar-refractivity contribution in [2.75, 3.05) is 13.2 Å². The number of aliphatic hydroxyl groups is 5. The second-order valence-electron chi connectivity index (χ2n) is 20.7. The number of hydrogen-bond donors (Lipinski definition) is 6. The number of hydrogen-bond acceptors (Lipinski definition) is 10. The zero-order valence-electron chi connectivity index (χ0n) is 47.6. The van der Waals surface area contributed by atoms with Gasteiger partial charge in [-0.05, 0) is 96.3 Å². The summed E-state index contributed by atoms with van der Waals surface area (Å²) in [5, 5.41) is 56.9. The maximum absolute atomic E-state index is 13.4. The lowest BCUT2D eigenvalue weighted by Gasteiger charge is -2.41. The normalized spacial score (nSPS) is 19.8. The van der Waals surface area contributed by atoms with Gasteiger partial charge in [0.2, 0.25) is 5.91 Å². The molecule has 1 rings (SSSR count). The fraction of sp³-hybridized carbons (Fsp3) is 0.750. The van der Waals surface area contributed by atoms with Crippen molar-refractivity contribution in [3.8, 4) is 0 Å². The first-order valence-corrected chi connectivity index (χ1v) is 30.4. The van der Waals surface area contributed by atoms with Crippen LogP contribution in [-0.4, -0.2) is 99.6 Å². The highest BCUT2D eigenvalue weighted by molar-refractivity contribution is 5.80. The van der Waals surface area contributed by atoms with Gasteiger partial charge in [0.1, 0.15) is 24.4 Å². The molecule has 0 bridgehead atoms. The van der Waals surface area contributed by atoms with E-state index in [2.05, 4.69) is 99.0 Å². The molecule has 0 spiro atoms. The van der Waals surface area contributed by atoms with E-state index in [1.807, 2.05) is 6.08 Å². The average Bonchev–Trinajstić information content (AvgIpc) is 3.41. The van der Waals surface area contributed by atoms with E-state index in [4.69, 9.17) is 14.2 Å². The summed E-state index contributed by atoms with van der Waals surface area (Å²) in [6.45, 7) is 5.64. The molecule has 0 aliphatic carbocycles. The third kappa shape index (κ3) is 39.8. The Morgan fingerprint density at radius 2 is 0.960 bits per heavy atom. The van der Waals surface area contributed by atoms with Crippen molar-refractivity contribution < 1.29 is 49.3 Å². The van der Waals surface area contributed by atoms with Crippen molar-refractivity contribution in [2.45, 2.75) is 294 Å². The van der Waals surface area contributed by atoms with E-state index in [0.29, 0.717) is 12.8 Å². The second-order valence-corrected chi connectivity index (χ2v) is 20.7. The molecule has 0 aromatic rings. The smallest absolute Gasteiger partial charge is 0.306 e. The number of esters is 1. The molecule has 1 fully saturated rings. The molecule has 0 aromatic carbocycles. The SMILES string of the molecule is CC/C=C\C/C=C\C/C=C\C/C=C\C/C=C\CCCCCCC(O)C(=O)NC(COC1OC(CO)C(O)C(O)C1OC(=O)CCCCC/C=C\CCCCCCCC)C(O)/C=C/CCCCCCCCCCCCC. The lowest BCUT2D eigenvalue weighted by atomic mass is 9.99. The van der Waals surface area contributed by atoms with Crippen molar-refractivity contribution in [3.63, 3.8) is 0 Å². The van der Waals surface area contributed by atoms with Crippen molar-refractivity contribution in [3.05, 3.63) is 85.1 Å². The molecule has 0 radical (unpaired) electrons. The van der Waals surface area contributed by atoms with Gasteiger partial charge in [0.15, 0.2) is 12.4 Å². The number of aliphatic hydroxyl groups excluding tert-OH is 5. The number of unbranched alkanes of at least 4 members (excludes halogenated alkanes) is 24. The fourth-order valence-corrected chi connectivity index (χ4v) is 8.97. The van der Waals surface area contributed by atoms with Crippen LogP contribution in [0.4, 0.5) is 0 Å². The summed E-state index contributed by atoms with van der Waals surface area (Å²) in [6, 6.07) is -1.04. The highest BCUT2D eigenvalue weighted by atomic mass is 16.7. The average molecular weight is 1050 g/mol. The molecule has 1 aliphatic rings.